The molecule has 3 unspecified atom stereocenters. The second-order valence-corrected chi connectivity index (χ2v) is 7.11. The highest BCUT2D eigenvalue weighted by atomic mass is 19.3. The number of carbonyl (C=O) groups excluding carboxylic acids is 1. The molecule has 0 aromatic heterocycles. The second kappa shape index (κ2) is 9.33. The molecular weight excluding hydrogens is 437 g/mol. The normalized spacial score (nSPS) is 17.3. The van der Waals surface area contributed by atoms with Gasteiger partial charge in [-0.2, -0.15) is 35.1 Å². The highest BCUT2D eigenvalue weighted by molar-refractivity contribution is 5.84. The Morgan fingerprint density at radius 1 is 1.03 bits per heavy atom. The second-order valence-electron chi connectivity index (χ2n) is 7.11. The summed E-state index contributed by atoms with van der Waals surface area (Å²) in [5.74, 6) is -14.9. The van der Waals surface area contributed by atoms with Crippen molar-refractivity contribution in [1.82, 2.24) is 5.32 Å². The maximum atomic E-state index is 14.3. The first-order valence-corrected chi connectivity index (χ1v) is 8.60. The van der Waals surface area contributed by atoms with E-state index in [4.69, 9.17) is 0 Å². The molecule has 1 amide bonds. The Balaban J connectivity index is 5.66. The van der Waals surface area contributed by atoms with E-state index < -0.39 is 60.3 Å². The molecule has 0 aliphatic carbocycles. The fourth-order valence-electron chi connectivity index (χ4n) is 2.01. The molecule has 4 nitrogen and oxygen atoms in total. The number of amides is 1. The van der Waals surface area contributed by atoms with Gasteiger partial charge in [-0.15, -0.1) is 6.58 Å². The van der Waals surface area contributed by atoms with Crippen molar-refractivity contribution in [2.45, 2.75) is 76.6 Å². The van der Waals surface area contributed by atoms with E-state index >= 15 is 0 Å². The number of hydrogen-bond acceptors (Lipinski definition) is 3. The van der Waals surface area contributed by atoms with Crippen molar-refractivity contribution in [2.75, 3.05) is 6.54 Å². The average molecular weight is 461 g/mol. The third-order valence-corrected chi connectivity index (χ3v) is 4.30. The fourth-order valence-corrected chi connectivity index (χ4v) is 2.01. The number of ether oxygens (including phenoxy) is 2. The Bertz CT molecular complexity index is 609. The molecule has 178 valence electrons. The fraction of sp³-hybridized carbons (Fsp3) is 0.824. The summed E-state index contributed by atoms with van der Waals surface area (Å²) in [5.41, 5.74) is -3.45. The first kappa shape index (κ1) is 28.5. The number of alkyl halides is 9. The highest BCUT2D eigenvalue weighted by Gasteiger charge is 2.68. The molecule has 0 saturated heterocycles. The van der Waals surface area contributed by atoms with Crippen LogP contribution < -0.4 is 5.32 Å². The topological polar surface area (TPSA) is 47.6 Å². The lowest BCUT2D eigenvalue weighted by Gasteiger charge is -2.40. The van der Waals surface area contributed by atoms with Crippen LogP contribution in [0.15, 0.2) is 12.7 Å². The van der Waals surface area contributed by atoms with Gasteiger partial charge in [-0.25, -0.2) is 4.39 Å². The molecule has 13 heteroatoms. The van der Waals surface area contributed by atoms with Gasteiger partial charge >= 0.3 is 24.1 Å². The smallest absolute Gasteiger partial charge is 0.347 e. The first-order valence-electron chi connectivity index (χ1n) is 8.60. The van der Waals surface area contributed by atoms with Gasteiger partial charge < -0.3 is 14.8 Å². The van der Waals surface area contributed by atoms with Gasteiger partial charge in [0.1, 0.15) is 5.60 Å². The lowest BCUT2D eigenvalue weighted by molar-refractivity contribution is -0.413. The van der Waals surface area contributed by atoms with E-state index in [1.165, 1.54) is 0 Å². The minimum Gasteiger partial charge on any atom is -0.347 e. The zero-order valence-corrected chi connectivity index (χ0v) is 16.9. The standard InChI is InChI=1S/C17H24F9NO3/c1-7-8-27-12(28)15(21,22)13(5,6)30-17(25,26)14(19,20)9(2)10(3)29-16(23,24)11(4)18/h7,9-11H,1,8H2,2-6H3,(H,27,28). The summed E-state index contributed by atoms with van der Waals surface area (Å²) < 4.78 is 132. The van der Waals surface area contributed by atoms with Gasteiger partial charge in [0.15, 0.2) is 6.17 Å². The SMILES string of the molecule is C=CCNC(=O)C(F)(F)C(C)(C)OC(F)(F)C(F)(F)C(C)C(C)OC(F)(F)C(C)F. The Labute approximate surface area is 167 Å². The Morgan fingerprint density at radius 2 is 1.50 bits per heavy atom. The maximum absolute atomic E-state index is 14.3. The van der Waals surface area contributed by atoms with Gasteiger partial charge in [0.2, 0.25) is 0 Å². The molecule has 0 spiro atoms. The Hall–Kier alpha value is -1.50. The van der Waals surface area contributed by atoms with Crippen LogP contribution in [-0.2, 0) is 14.3 Å². The predicted molar refractivity (Wildman–Crippen MR) is 88.4 cm³/mol. The number of carbonyl (C=O) groups is 1. The van der Waals surface area contributed by atoms with E-state index in [0.29, 0.717) is 20.8 Å². The molecule has 0 aliphatic heterocycles. The summed E-state index contributed by atoms with van der Waals surface area (Å²) in [6.45, 7) is 4.49. The predicted octanol–water partition coefficient (Wildman–Crippen LogP) is 4.94. The lowest BCUT2D eigenvalue weighted by atomic mass is 9.95. The van der Waals surface area contributed by atoms with E-state index in [1.54, 1.807) is 5.32 Å². The molecule has 0 heterocycles. The molecular formula is C17H24F9NO3. The molecule has 3 atom stereocenters. The molecule has 1 N–H and O–H groups in total. The van der Waals surface area contributed by atoms with Crippen LogP contribution >= 0.6 is 0 Å². The van der Waals surface area contributed by atoms with E-state index in [2.05, 4.69) is 16.1 Å². The van der Waals surface area contributed by atoms with Gasteiger partial charge in [0.25, 0.3) is 5.91 Å². The van der Waals surface area contributed by atoms with E-state index in [1.807, 2.05) is 0 Å². The minimum absolute atomic E-state index is 0.272. The summed E-state index contributed by atoms with van der Waals surface area (Å²) in [6.07, 6.45) is -14.5. The van der Waals surface area contributed by atoms with Crippen molar-refractivity contribution < 1.29 is 53.8 Å². The van der Waals surface area contributed by atoms with Gasteiger partial charge in [-0.05, 0) is 27.7 Å². The van der Waals surface area contributed by atoms with Gasteiger partial charge in [-0.1, -0.05) is 13.0 Å². The summed E-state index contributed by atoms with van der Waals surface area (Å²) in [4.78, 5) is 11.5. The van der Waals surface area contributed by atoms with E-state index in [-0.39, 0.29) is 13.8 Å². The third kappa shape index (κ3) is 6.02. The van der Waals surface area contributed by atoms with Crippen LogP contribution in [0.2, 0.25) is 0 Å². The lowest BCUT2D eigenvalue weighted by Crippen LogP contribution is -2.61. The summed E-state index contributed by atoms with van der Waals surface area (Å²) in [6, 6.07) is 0. The van der Waals surface area contributed by atoms with Crippen LogP contribution in [0.1, 0.15) is 34.6 Å². The van der Waals surface area contributed by atoms with Gasteiger partial charge in [-0.3, -0.25) is 4.79 Å². The van der Waals surface area contributed by atoms with E-state index in [9.17, 15) is 44.3 Å². The zero-order valence-electron chi connectivity index (χ0n) is 16.9. The highest BCUT2D eigenvalue weighted by Crippen LogP contribution is 2.48. The molecule has 0 aromatic rings. The monoisotopic (exact) mass is 461 g/mol. The van der Waals surface area contributed by atoms with Crippen LogP contribution in [0, 0.1) is 5.92 Å². The number of nitrogens with one attached hydrogen (secondary N) is 1. The first-order chi connectivity index (χ1) is 13.2. The Morgan fingerprint density at radius 3 is 1.90 bits per heavy atom. The van der Waals surface area contributed by atoms with Crippen molar-refractivity contribution in [1.29, 1.82) is 0 Å². The average Bonchev–Trinajstić information content (AvgIpc) is 2.56. The summed E-state index contributed by atoms with van der Waals surface area (Å²) >= 11 is 0. The molecule has 0 rings (SSSR count). The van der Waals surface area contributed by atoms with Crippen molar-refractivity contribution >= 4 is 5.91 Å². The van der Waals surface area contributed by atoms with Crippen LogP contribution in [0.5, 0.6) is 0 Å². The van der Waals surface area contributed by atoms with Crippen LogP contribution in [0.3, 0.4) is 0 Å². The minimum atomic E-state index is -5.65. The quantitative estimate of drug-likeness (QED) is 0.331. The van der Waals surface area contributed by atoms with Crippen molar-refractivity contribution in [2.24, 2.45) is 5.92 Å². The van der Waals surface area contributed by atoms with Gasteiger partial charge in [0, 0.05) is 6.54 Å². The molecule has 0 radical (unpaired) electrons. The molecule has 30 heavy (non-hydrogen) atoms. The number of halogens is 9. The van der Waals surface area contributed by atoms with Crippen molar-refractivity contribution in [3.63, 3.8) is 0 Å². The largest absolute Gasteiger partial charge is 0.420 e. The van der Waals surface area contributed by atoms with Crippen molar-refractivity contribution in [3.05, 3.63) is 12.7 Å². The van der Waals surface area contributed by atoms with Gasteiger partial charge in [0.05, 0.1) is 12.0 Å². The molecule has 0 bridgehead atoms. The summed E-state index contributed by atoms with van der Waals surface area (Å²) in [7, 11) is 0. The molecule has 0 fully saturated rings. The number of rotatable bonds is 12. The van der Waals surface area contributed by atoms with Crippen LogP contribution in [0.25, 0.3) is 0 Å². The summed E-state index contributed by atoms with van der Waals surface area (Å²) in [5, 5.41) is 1.62. The zero-order chi connectivity index (χ0) is 24.3. The third-order valence-electron chi connectivity index (χ3n) is 4.30. The van der Waals surface area contributed by atoms with Crippen LogP contribution in [0.4, 0.5) is 39.5 Å². The molecule has 0 saturated carbocycles. The maximum Gasteiger partial charge on any atom is 0.420 e. The molecule has 0 aromatic carbocycles. The van der Waals surface area contributed by atoms with E-state index in [0.717, 1.165) is 6.08 Å². The van der Waals surface area contributed by atoms with Crippen LogP contribution in [-0.4, -0.2) is 54.4 Å². The number of hydrogen-bond donors (Lipinski definition) is 1. The Kier molecular flexibility index (Phi) is 8.86. The van der Waals surface area contributed by atoms with Crippen molar-refractivity contribution in [3.8, 4) is 0 Å². The molecule has 0 aliphatic rings.